The van der Waals surface area contributed by atoms with E-state index in [9.17, 15) is 9.59 Å². The first-order valence-corrected chi connectivity index (χ1v) is 18.1. The second-order valence-electron chi connectivity index (χ2n) is 11.8. The maximum atomic E-state index is 14.3. The molecule has 2 atom stereocenters. The number of amides is 2. The number of rotatable bonds is 14. The number of hydrogen-bond acceptors (Lipinski definition) is 4. The van der Waals surface area contributed by atoms with Crippen molar-refractivity contribution in [3.8, 4) is 0 Å². The van der Waals surface area contributed by atoms with E-state index in [1.807, 2.05) is 21.9 Å². The Labute approximate surface area is 267 Å². The molecule has 0 aliphatic carbocycles. The van der Waals surface area contributed by atoms with Gasteiger partial charge in [-0.1, -0.05) is 66.2 Å². The summed E-state index contributed by atoms with van der Waals surface area (Å²) in [6.07, 6.45) is 8.97. The molecular formula is C35H43BrN2O2S2. The second-order valence-corrected chi connectivity index (χ2v) is 15.6. The average molecular weight is 668 g/mol. The largest absolute Gasteiger partial charge is 0.307 e. The smallest absolute Gasteiger partial charge is 0.260 e. The van der Waals surface area contributed by atoms with Crippen molar-refractivity contribution in [2.24, 2.45) is 11.8 Å². The monoisotopic (exact) mass is 666 g/mol. The minimum atomic E-state index is 0.0822. The molecule has 0 fully saturated rings. The van der Waals surface area contributed by atoms with Crippen LogP contribution in [0.4, 0.5) is 11.4 Å². The zero-order valence-electron chi connectivity index (χ0n) is 25.6. The fourth-order valence-corrected chi connectivity index (χ4v) is 8.71. The van der Waals surface area contributed by atoms with Crippen molar-refractivity contribution in [3.05, 3.63) is 65.3 Å². The molecule has 2 aromatic heterocycles. The Morgan fingerprint density at radius 3 is 1.57 bits per heavy atom. The van der Waals surface area contributed by atoms with E-state index in [-0.39, 0.29) is 11.8 Å². The molecule has 3 aromatic rings. The van der Waals surface area contributed by atoms with E-state index in [4.69, 9.17) is 0 Å². The predicted octanol–water partition coefficient (Wildman–Crippen LogP) is 8.40. The fraction of sp³-hybridized carbons (Fsp3) is 0.486. The summed E-state index contributed by atoms with van der Waals surface area (Å²) in [6, 6.07) is 12.6. The van der Waals surface area contributed by atoms with Gasteiger partial charge in [-0.25, -0.2) is 0 Å². The van der Waals surface area contributed by atoms with Gasteiger partial charge in [0.2, 0.25) is 0 Å². The molecular weight excluding hydrogens is 624 g/mol. The van der Waals surface area contributed by atoms with Crippen LogP contribution in [-0.4, -0.2) is 24.9 Å². The minimum Gasteiger partial charge on any atom is -0.307 e. The van der Waals surface area contributed by atoms with Gasteiger partial charge in [0.1, 0.15) is 0 Å². The first-order valence-electron chi connectivity index (χ1n) is 15.7. The summed E-state index contributed by atoms with van der Waals surface area (Å²) in [7, 11) is 0. The number of aryl methyl sites for hydroxylation is 1. The van der Waals surface area contributed by atoms with Gasteiger partial charge in [-0.15, -0.1) is 22.7 Å². The van der Waals surface area contributed by atoms with Gasteiger partial charge in [0.25, 0.3) is 11.8 Å². The van der Waals surface area contributed by atoms with Gasteiger partial charge in [-0.2, -0.15) is 0 Å². The number of fused-ring (bicyclic) bond motifs is 2. The molecule has 2 amide bonds. The third-order valence-electron chi connectivity index (χ3n) is 8.93. The van der Waals surface area contributed by atoms with Crippen molar-refractivity contribution in [1.82, 2.24) is 0 Å². The van der Waals surface area contributed by atoms with E-state index in [1.54, 1.807) is 22.7 Å². The number of unbranched alkanes of at least 4 members (excludes halogenated alkanes) is 2. The lowest BCUT2D eigenvalue weighted by molar-refractivity contribution is -0.114. The van der Waals surface area contributed by atoms with Gasteiger partial charge in [0.15, 0.2) is 0 Å². The third kappa shape index (κ3) is 6.07. The molecule has 2 aliphatic rings. The molecule has 0 saturated heterocycles. The fourth-order valence-electron chi connectivity index (χ4n) is 6.35. The van der Waals surface area contributed by atoms with Crippen LogP contribution >= 0.6 is 38.6 Å². The number of nitrogens with zero attached hydrogens (tertiary/aromatic N) is 2. The highest BCUT2D eigenvalue weighted by molar-refractivity contribution is 9.11. The van der Waals surface area contributed by atoms with E-state index < -0.39 is 0 Å². The normalized spacial score (nSPS) is 16.0. The minimum absolute atomic E-state index is 0.0822. The molecule has 42 heavy (non-hydrogen) atoms. The number of carbonyl (C=O) groups excluding carboxylic acids is 2. The van der Waals surface area contributed by atoms with Crippen molar-refractivity contribution < 1.29 is 9.59 Å². The summed E-state index contributed by atoms with van der Waals surface area (Å²) in [5.41, 5.74) is 3.45. The van der Waals surface area contributed by atoms with E-state index in [2.05, 4.69) is 74.8 Å². The maximum Gasteiger partial charge on any atom is 0.260 e. The van der Waals surface area contributed by atoms with Crippen LogP contribution in [-0.2, 0) is 9.59 Å². The summed E-state index contributed by atoms with van der Waals surface area (Å²) in [6.45, 7) is 12.4. The highest BCUT2D eigenvalue weighted by Gasteiger charge is 2.37. The summed E-state index contributed by atoms with van der Waals surface area (Å²) in [5.74, 6) is 1.06. The summed E-state index contributed by atoms with van der Waals surface area (Å²) >= 11 is 6.89. The van der Waals surface area contributed by atoms with Crippen molar-refractivity contribution >= 4 is 72.9 Å². The van der Waals surface area contributed by atoms with Crippen molar-refractivity contribution in [2.75, 3.05) is 22.9 Å². The van der Waals surface area contributed by atoms with Gasteiger partial charge < -0.3 is 9.80 Å². The Kier molecular flexibility index (Phi) is 10.1. The van der Waals surface area contributed by atoms with Crippen LogP contribution in [0.3, 0.4) is 0 Å². The highest BCUT2D eigenvalue weighted by atomic mass is 79.9. The van der Waals surface area contributed by atoms with Crippen molar-refractivity contribution in [1.29, 1.82) is 0 Å². The van der Waals surface area contributed by atoms with Crippen LogP contribution in [0.1, 0.15) is 93.7 Å². The molecule has 0 radical (unpaired) electrons. The lowest BCUT2D eigenvalue weighted by atomic mass is 9.98. The number of anilines is 2. The first kappa shape index (κ1) is 31.2. The number of halogens is 1. The van der Waals surface area contributed by atoms with Crippen LogP contribution in [0, 0.1) is 18.8 Å². The standard InChI is InChI=1S/C35H43BrN2O2S2/c1-6-10-12-23(8-3)20-37-27-19-26-28(18-25(27)32(34(37)39)29-15-14-22(5)41-29)38(21-24(9-4)13-11-7-2)35(40)33(26)30-16-17-31(36)42-30/h14-19,23-24H,6-13,20-21H2,1-5H3. The zero-order valence-corrected chi connectivity index (χ0v) is 28.8. The second kappa shape index (κ2) is 13.6. The summed E-state index contributed by atoms with van der Waals surface area (Å²) in [5, 5.41) is 1.93. The molecule has 5 rings (SSSR count). The molecule has 7 heteroatoms. The van der Waals surface area contributed by atoms with Crippen LogP contribution < -0.4 is 20.2 Å². The van der Waals surface area contributed by atoms with Gasteiger partial charge >= 0.3 is 0 Å². The molecule has 0 bridgehead atoms. The number of benzene rings is 1. The van der Waals surface area contributed by atoms with Gasteiger partial charge in [0, 0.05) is 38.2 Å². The molecule has 0 saturated carbocycles. The van der Waals surface area contributed by atoms with Crippen molar-refractivity contribution in [2.45, 2.75) is 86.0 Å². The quantitative estimate of drug-likeness (QED) is 0.173. The molecule has 224 valence electrons. The first-order chi connectivity index (χ1) is 20.3. The molecule has 0 N–H and O–H groups in total. The average Bonchev–Trinajstić information content (AvgIpc) is 3.72. The van der Waals surface area contributed by atoms with Crippen LogP contribution in [0.15, 0.2) is 40.2 Å². The molecule has 0 spiro atoms. The molecule has 4 nitrogen and oxygen atoms in total. The molecule has 4 heterocycles. The molecule has 1 aromatic carbocycles. The summed E-state index contributed by atoms with van der Waals surface area (Å²) in [4.78, 5) is 35.8. The Morgan fingerprint density at radius 2 is 1.19 bits per heavy atom. The summed E-state index contributed by atoms with van der Waals surface area (Å²) < 4.78 is 1.01. The molecule has 2 aliphatic heterocycles. The van der Waals surface area contributed by atoms with Crippen LogP contribution in [0.5, 0.6) is 0 Å². The molecule has 2 unspecified atom stereocenters. The SMILES string of the molecule is CCCCC(CC)CN1C(=O)C(c2ccc(C)s2)=c2cc3c(cc21)=C(c1ccc(Br)s1)C(=O)N3CC(CC)CCCC. The van der Waals surface area contributed by atoms with Gasteiger partial charge in [-0.05, 0) is 83.9 Å². The van der Waals surface area contributed by atoms with Crippen LogP contribution in [0.2, 0.25) is 0 Å². The Balaban J connectivity index is 1.71. The Hall–Kier alpha value is -2.22. The number of thiophene rings is 2. The van der Waals surface area contributed by atoms with Crippen LogP contribution in [0.25, 0.3) is 11.1 Å². The topological polar surface area (TPSA) is 40.6 Å². The van der Waals surface area contributed by atoms with E-state index >= 15 is 0 Å². The maximum absolute atomic E-state index is 14.3. The lowest BCUT2D eigenvalue weighted by Gasteiger charge is -2.26. The highest BCUT2D eigenvalue weighted by Crippen LogP contribution is 2.36. The lowest BCUT2D eigenvalue weighted by Crippen LogP contribution is -2.35. The van der Waals surface area contributed by atoms with Gasteiger partial charge in [-0.3, -0.25) is 9.59 Å². The van der Waals surface area contributed by atoms with E-state index in [1.165, 1.54) is 17.7 Å². The van der Waals surface area contributed by atoms with Gasteiger partial charge in [0.05, 0.1) is 26.3 Å². The third-order valence-corrected chi connectivity index (χ3v) is 11.6. The van der Waals surface area contributed by atoms with E-state index in [0.29, 0.717) is 24.9 Å². The zero-order chi connectivity index (χ0) is 30.0. The van der Waals surface area contributed by atoms with Crippen molar-refractivity contribution in [3.63, 3.8) is 0 Å². The van der Waals surface area contributed by atoms with E-state index in [0.717, 1.165) is 85.0 Å². The number of carbonyl (C=O) groups is 2. The Bertz CT molecular complexity index is 1470. The Morgan fingerprint density at radius 1 is 0.714 bits per heavy atom. The predicted molar refractivity (Wildman–Crippen MR) is 183 cm³/mol. The number of hydrogen-bond donors (Lipinski definition) is 0.